The lowest BCUT2D eigenvalue weighted by Gasteiger charge is -2.21. The van der Waals surface area contributed by atoms with Crippen LogP contribution in [0.15, 0.2) is 23.1 Å². The molecule has 128 valence electrons. The molecule has 0 aromatic heterocycles. The molecule has 1 N–H and O–H groups in total. The van der Waals surface area contributed by atoms with Gasteiger partial charge in [0.05, 0.1) is 25.2 Å². The SMILES string of the molecule is COc1ccc(S(=O)(=O)N[C@@H](C)C(=O)N2CCCC2)cc1OC. The number of nitrogens with one attached hydrogen (secondary N) is 1. The molecule has 0 bridgehead atoms. The van der Waals surface area contributed by atoms with Gasteiger partial charge in [-0.05, 0) is 31.9 Å². The second-order valence-corrected chi connectivity index (χ2v) is 7.11. The van der Waals surface area contributed by atoms with Crippen LogP contribution in [0, 0.1) is 0 Å². The highest BCUT2D eigenvalue weighted by atomic mass is 32.2. The molecule has 0 spiro atoms. The molecule has 7 nitrogen and oxygen atoms in total. The van der Waals surface area contributed by atoms with Crippen molar-refractivity contribution in [2.45, 2.75) is 30.7 Å². The van der Waals surface area contributed by atoms with Crippen LogP contribution < -0.4 is 14.2 Å². The zero-order valence-corrected chi connectivity index (χ0v) is 14.4. The number of nitrogens with zero attached hydrogens (tertiary/aromatic N) is 1. The number of methoxy groups -OCH3 is 2. The summed E-state index contributed by atoms with van der Waals surface area (Å²) in [6, 6.07) is 3.48. The van der Waals surface area contributed by atoms with E-state index in [4.69, 9.17) is 9.47 Å². The van der Waals surface area contributed by atoms with Gasteiger partial charge >= 0.3 is 0 Å². The molecule has 1 aromatic carbocycles. The molecule has 1 aromatic rings. The summed E-state index contributed by atoms with van der Waals surface area (Å²) in [6.07, 6.45) is 1.92. The number of sulfonamides is 1. The van der Waals surface area contributed by atoms with E-state index in [-0.39, 0.29) is 10.8 Å². The first kappa shape index (κ1) is 17.6. The molecule has 1 heterocycles. The fraction of sp³-hybridized carbons (Fsp3) is 0.533. The highest BCUT2D eigenvalue weighted by molar-refractivity contribution is 7.89. The van der Waals surface area contributed by atoms with Gasteiger partial charge in [-0.2, -0.15) is 4.72 Å². The molecule has 8 heteroatoms. The lowest BCUT2D eigenvalue weighted by molar-refractivity contribution is -0.131. The number of carbonyl (C=O) groups excluding carboxylic acids is 1. The van der Waals surface area contributed by atoms with Gasteiger partial charge in [-0.1, -0.05) is 0 Å². The van der Waals surface area contributed by atoms with Gasteiger partial charge in [0.15, 0.2) is 11.5 Å². The minimum atomic E-state index is -3.82. The Balaban J connectivity index is 2.16. The maximum atomic E-state index is 12.5. The quantitative estimate of drug-likeness (QED) is 0.833. The third-order valence-electron chi connectivity index (χ3n) is 3.79. The van der Waals surface area contributed by atoms with Crippen molar-refractivity contribution >= 4 is 15.9 Å². The second-order valence-electron chi connectivity index (χ2n) is 5.39. The Bertz CT molecular complexity index is 668. The van der Waals surface area contributed by atoms with Gasteiger partial charge < -0.3 is 14.4 Å². The predicted molar refractivity (Wildman–Crippen MR) is 85.1 cm³/mol. The Morgan fingerprint density at radius 2 is 1.78 bits per heavy atom. The molecule has 23 heavy (non-hydrogen) atoms. The molecule has 0 saturated carbocycles. The molecule has 0 unspecified atom stereocenters. The van der Waals surface area contributed by atoms with E-state index in [9.17, 15) is 13.2 Å². The summed E-state index contributed by atoms with van der Waals surface area (Å²) in [6.45, 7) is 2.92. The fourth-order valence-electron chi connectivity index (χ4n) is 2.55. The van der Waals surface area contributed by atoms with Gasteiger partial charge in [0.2, 0.25) is 15.9 Å². The Morgan fingerprint density at radius 1 is 1.17 bits per heavy atom. The van der Waals surface area contributed by atoms with E-state index in [1.807, 2.05) is 0 Å². The molecule has 1 aliphatic rings. The van der Waals surface area contributed by atoms with Crippen LogP contribution in [0.5, 0.6) is 11.5 Å². The van der Waals surface area contributed by atoms with E-state index >= 15 is 0 Å². The first-order chi connectivity index (χ1) is 10.9. The van der Waals surface area contributed by atoms with Gasteiger partial charge in [0.1, 0.15) is 0 Å². The van der Waals surface area contributed by atoms with Crippen molar-refractivity contribution in [3.8, 4) is 11.5 Å². The predicted octanol–water partition coefficient (Wildman–Crippen LogP) is 0.993. The number of ether oxygens (including phenoxy) is 2. The van der Waals surface area contributed by atoms with Crippen LogP contribution in [0.4, 0.5) is 0 Å². The van der Waals surface area contributed by atoms with Crippen LogP contribution in [0.3, 0.4) is 0 Å². The van der Waals surface area contributed by atoms with Crippen LogP contribution in [0.2, 0.25) is 0 Å². The van der Waals surface area contributed by atoms with E-state index in [0.29, 0.717) is 24.6 Å². The van der Waals surface area contributed by atoms with E-state index in [1.54, 1.807) is 11.8 Å². The second kappa shape index (κ2) is 7.18. The Morgan fingerprint density at radius 3 is 2.35 bits per heavy atom. The largest absolute Gasteiger partial charge is 0.493 e. The fourth-order valence-corrected chi connectivity index (χ4v) is 3.76. The minimum Gasteiger partial charge on any atom is -0.493 e. The van der Waals surface area contributed by atoms with Gasteiger partial charge in [0.25, 0.3) is 0 Å². The standard InChI is InChI=1S/C15H22N2O5S/c1-11(15(18)17-8-4-5-9-17)16-23(19,20)12-6-7-13(21-2)14(10-12)22-3/h6-7,10-11,16H,4-5,8-9H2,1-3H3/t11-/m0/s1. The van der Waals surface area contributed by atoms with Crippen molar-refractivity contribution in [3.05, 3.63) is 18.2 Å². The zero-order chi connectivity index (χ0) is 17.0. The van der Waals surface area contributed by atoms with Crippen LogP contribution >= 0.6 is 0 Å². The van der Waals surface area contributed by atoms with Gasteiger partial charge in [0, 0.05) is 19.2 Å². The van der Waals surface area contributed by atoms with E-state index in [0.717, 1.165) is 12.8 Å². The number of hydrogen-bond acceptors (Lipinski definition) is 5. The van der Waals surface area contributed by atoms with Crippen LogP contribution in [0.25, 0.3) is 0 Å². The average Bonchev–Trinajstić information content (AvgIpc) is 3.07. The maximum Gasteiger partial charge on any atom is 0.241 e. The molecule has 0 aliphatic carbocycles. The normalized spacial score (nSPS) is 16.2. The molecular weight excluding hydrogens is 320 g/mol. The number of benzene rings is 1. The molecule has 2 rings (SSSR count). The summed E-state index contributed by atoms with van der Waals surface area (Å²) in [5.74, 6) is 0.549. The Hall–Kier alpha value is -1.80. The summed E-state index contributed by atoms with van der Waals surface area (Å²) in [5.41, 5.74) is 0. The Labute approximate surface area is 136 Å². The topological polar surface area (TPSA) is 84.9 Å². The van der Waals surface area contributed by atoms with Crippen LogP contribution in [0.1, 0.15) is 19.8 Å². The number of rotatable bonds is 6. The summed E-state index contributed by atoms with van der Waals surface area (Å²) in [7, 11) is -0.920. The van der Waals surface area contributed by atoms with E-state index in [1.165, 1.54) is 32.4 Å². The Kier molecular flexibility index (Phi) is 5.48. The van der Waals surface area contributed by atoms with E-state index in [2.05, 4.69) is 4.72 Å². The number of hydrogen-bond donors (Lipinski definition) is 1. The van der Waals surface area contributed by atoms with Crippen LogP contribution in [-0.2, 0) is 14.8 Å². The van der Waals surface area contributed by atoms with Crippen LogP contribution in [-0.4, -0.2) is 52.6 Å². The van der Waals surface area contributed by atoms with Crippen molar-refractivity contribution in [2.75, 3.05) is 27.3 Å². The molecule has 1 aliphatic heterocycles. The van der Waals surface area contributed by atoms with Crippen molar-refractivity contribution in [3.63, 3.8) is 0 Å². The van der Waals surface area contributed by atoms with Gasteiger partial charge in [-0.15, -0.1) is 0 Å². The highest BCUT2D eigenvalue weighted by Gasteiger charge is 2.27. The van der Waals surface area contributed by atoms with Crippen molar-refractivity contribution < 1.29 is 22.7 Å². The average molecular weight is 342 g/mol. The van der Waals surface area contributed by atoms with Crippen molar-refractivity contribution in [1.82, 2.24) is 9.62 Å². The number of amides is 1. The maximum absolute atomic E-state index is 12.5. The summed E-state index contributed by atoms with van der Waals surface area (Å²) < 4.78 is 37.5. The summed E-state index contributed by atoms with van der Waals surface area (Å²) in [5, 5.41) is 0. The summed E-state index contributed by atoms with van der Waals surface area (Å²) in [4.78, 5) is 13.9. The van der Waals surface area contributed by atoms with Crippen molar-refractivity contribution in [1.29, 1.82) is 0 Å². The smallest absolute Gasteiger partial charge is 0.241 e. The molecule has 1 atom stereocenters. The monoisotopic (exact) mass is 342 g/mol. The lowest BCUT2D eigenvalue weighted by atomic mass is 10.3. The molecule has 1 saturated heterocycles. The minimum absolute atomic E-state index is 0.0243. The lowest BCUT2D eigenvalue weighted by Crippen LogP contribution is -2.45. The van der Waals surface area contributed by atoms with Crippen molar-refractivity contribution in [2.24, 2.45) is 0 Å². The third-order valence-corrected chi connectivity index (χ3v) is 5.32. The summed E-state index contributed by atoms with van der Waals surface area (Å²) >= 11 is 0. The van der Waals surface area contributed by atoms with Gasteiger partial charge in [-0.3, -0.25) is 4.79 Å². The van der Waals surface area contributed by atoms with Gasteiger partial charge in [-0.25, -0.2) is 8.42 Å². The van der Waals surface area contributed by atoms with E-state index < -0.39 is 16.1 Å². The third kappa shape index (κ3) is 3.94. The number of carbonyl (C=O) groups is 1. The molecule has 0 radical (unpaired) electrons. The number of likely N-dealkylation sites (tertiary alicyclic amines) is 1. The zero-order valence-electron chi connectivity index (χ0n) is 13.5. The molecule has 1 amide bonds. The first-order valence-electron chi connectivity index (χ1n) is 7.42. The molecular formula is C15H22N2O5S. The highest BCUT2D eigenvalue weighted by Crippen LogP contribution is 2.29. The molecule has 1 fully saturated rings. The first-order valence-corrected chi connectivity index (χ1v) is 8.90.